The van der Waals surface area contributed by atoms with E-state index >= 15 is 0 Å². The monoisotopic (exact) mass is 380 g/mol. The number of hydrogen-bond acceptors (Lipinski definition) is 5. The van der Waals surface area contributed by atoms with Crippen LogP contribution in [0.5, 0.6) is 5.75 Å². The van der Waals surface area contributed by atoms with Gasteiger partial charge in [0.25, 0.3) is 0 Å². The van der Waals surface area contributed by atoms with Crippen LogP contribution < -0.4 is 10.2 Å². The second kappa shape index (κ2) is 7.89. The number of fused-ring (bicyclic) bond motifs is 1. The van der Waals surface area contributed by atoms with Crippen molar-refractivity contribution in [3.05, 3.63) is 63.3 Å². The van der Waals surface area contributed by atoms with E-state index in [0.717, 1.165) is 16.7 Å². The van der Waals surface area contributed by atoms with Gasteiger partial charge in [0, 0.05) is 5.56 Å². The van der Waals surface area contributed by atoms with Crippen LogP contribution in [0.4, 0.5) is 0 Å². The first kappa shape index (κ1) is 19.7. The van der Waals surface area contributed by atoms with E-state index in [2.05, 4.69) is 0 Å². The van der Waals surface area contributed by atoms with Gasteiger partial charge in [0.05, 0.1) is 12.0 Å². The van der Waals surface area contributed by atoms with Gasteiger partial charge in [0.2, 0.25) is 11.2 Å². The molecule has 146 valence electrons. The molecule has 0 aliphatic heterocycles. The maximum Gasteiger partial charge on any atom is 0.347 e. The quantitative estimate of drug-likeness (QED) is 0.600. The van der Waals surface area contributed by atoms with Gasteiger partial charge in [-0.15, -0.1) is 0 Å². The topological polar surface area (TPSA) is 65.7 Å². The summed E-state index contributed by atoms with van der Waals surface area (Å²) in [7, 11) is 0. The van der Waals surface area contributed by atoms with Crippen LogP contribution in [0, 0.1) is 20.8 Å². The molecule has 0 spiro atoms. The van der Waals surface area contributed by atoms with E-state index in [1.165, 1.54) is 0 Å². The lowest BCUT2D eigenvalue weighted by Gasteiger charge is -2.16. The first-order valence-electron chi connectivity index (χ1n) is 9.30. The molecule has 0 N–H and O–H groups in total. The molecule has 0 aliphatic rings. The third kappa shape index (κ3) is 3.79. The lowest BCUT2D eigenvalue weighted by Crippen LogP contribution is -2.28. The Morgan fingerprint density at radius 3 is 2.39 bits per heavy atom. The number of aryl methyl sites for hydroxylation is 3. The maximum absolute atomic E-state index is 13.3. The molecule has 1 heterocycles. The van der Waals surface area contributed by atoms with E-state index < -0.39 is 12.1 Å². The van der Waals surface area contributed by atoms with Crippen LogP contribution in [-0.2, 0) is 9.53 Å². The zero-order chi connectivity index (χ0) is 20.4. The molecule has 1 aromatic heterocycles. The molecule has 5 heteroatoms. The smallest absolute Gasteiger partial charge is 0.347 e. The van der Waals surface area contributed by atoms with E-state index in [4.69, 9.17) is 13.9 Å². The molecule has 0 unspecified atom stereocenters. The zero-order valence-corrected chi connectivity index (χ0v) is 16.8. The van der Waals surface area contributed by atoms with Crippen LogP contribution in [0.15, 0.2) is 45.6 Å². The molecule has 3 aromatic rings. The van der Waals surface area contributed by atoms with Crippen LogP contribution in [0.3, 0.4) is 0 Å². The Balaban J connectivity index is 2.24. The highest BCUT2D eigenvalue weighted by molar-refractivity contribution is 5.85. The Morgan fingerprint density at radius 2 is 1.75 bits per heavy atom. The summed E-state index contributed by atoms with van der Waals surface area (Å²) in [6, 6.07) is 11.3. The average Bonchev–Trinajstić information content (AvgIpc) is 2.64. The highest BCUT2D eigenvalue weighted by Crippen LogP contribution is 2.33. The summed E-state index contributed by atoms with van der Waals surface area (Å²) in [4.78, 5) is 25.3. The van der Waals surface area contributed by atoms with Crippen molar-refractivity contribution >= 4 is 16.9 Å². The van der Waals surface area contributed by atoms with Gasteiger partial charge < -0.3 is 13.9 Å². The molecule has 3 rings (SSSR count). The first-order valence-corrected chi connectivity index (χ1v) is 9.30. The van der Waals surface area contributed by atoms with Gasteiger partial charge >= 0.3 is 5.97 Å². The average molecular weight is 380 g/mol. The number of hydrogen-bond donors (Lipinski definition) is 0. The molecule has 0 fully saturated rings. The van der Waals surface area contributed by atoms with Gasteiger partial charge in [-0.3, -0.25) is 4.79 Å². The fraction of sp³-hybridized carbons (Fsp3) is 0.304. The minimum absolute atomic E-state index is 0.0175. The van der Waals surface area contributed by atoms with Crippen molar-refractivity contribution in [2.75, 3.05) is 6.61 Å². The molecule has 0 aliphatic carbocycles. The van der Waals surface area contributed by atoms with Crippen molar-refractivity contribution in [2.45, 2.75) is 40.7 Å². The Bertz CT molecular complexity index is 1080. The predicted molar refractivity (Wildman–Crippen MR) is 109 cm³/mol. The number of esters is 1. The second-order valence-electron chi connectivity index (χ2n) is 6.92. The fourth-order valence-electron chi connectivity index (χ4n) is 3.16. The van der Waals surface area contributed by atoms with Crippen LogP contribution in [-0.4, -0.2) is 18.7 Å². The normalized spacial score (nSPS) is 12.0. The van der Waals surface area contributed by atoms with Gasteiger partial charge in [-0.1, -0.05) is 35.9 Å². The molecule has 5 nitrogen and oxygen atoms in total. The summed E-state index contributed by atoms with van der Waals surface area (Å²) in [5.41, 5.74) is 3.78. The molecule has 0 saturated carbocycles. The molecule has 0 saturated heterocycles. The zero-order valence-electron chi connectivity index (χ0n) is 16.8. The standard InChI is InChI=1S/C23H24O5/c1-6-26-23(25)16(5)27-22-20(24)19-15(4)11-14(3)12-18(19)28-21(22)17-9-7-13(2)8-10-17/h7-12,16H,6H2,1-5H3/t16-/m1/s1. The second-order valence-corrected chi connectivity index (χ2v) is 6.92. The molecule has 2 aromatic carbocycles. The van der Waals surface area contributed by atoms with Crippen LogP contribution in [0.25, 0.3) is 22.3 Å². The Hall–Kier alpha value is -3.08. The SMILES string of the molecule is CCOC(=O)[C@@H](C)Oc1c(-c2ccc(C)cc2)oc2cc(C)cc(C)c2c1=O. The number of benzene rings is 2. The summed E-state index contributed by atoms with van der Waals surface area (Å²) in [5.74, 6) is -0.208. The van der Waals surface area contributed by atoms with Crippen LogP contribution in [0.2, 0.25) is 0 Å². The Labute approximate surface area is 163 Å². The Morgan fingerprint density at radius 1 is 1.07 bits per heavy atom. The van der Waals surface area contributed by atoms with E-state index in [9.17, 15) is 9.59 Å². The van der Waals surface area contributed by atoms with Crippen LogP contribution >= 0.6 is 0 Å². The van der Waals surface area contributed by atoms with Crippen molar-refractivity contribution in [1.82, 2.24) is 0 Å². The minimum Gasteiger partial charge on any atom is -0.471 e. The molecule has 0 bridgehead atoms. The van der Waals surface area contributed by atoms with E-state index in [1.54, 1.807) is 13.8 Å². The molecule has 0 amide bonds. The van der Waals surface area contributed by atoms with Crippen molar-refractivity contribution in [3.8, 4) is 17.1 Å². The third-order valence-electron chi connectivity index (χ3n) is 4.52. The lowest BCUT2D eigenvalue weighted by atomic mass is 10.0. The van der Waals surface area contributed by atoms with E-state index in [1.807, 2.05) is 57.2 Å². The van der Waals surface area contributed by atoms with Crippen molar-refractivity contribution < 1.29 is 18.7 Å². The van der Waals surface area contributed by atoms with E-state index in [0.29, 0.717) is 22.3 Å². The summed E-state index contributed by atoms with van der Waals surface area (Å²) in [6.45, 7) is 9.30. The summed E-state index contributed by atoms with van der Waals surface area (Å²) < 4.78 is 16.9. The van der Waals surface area contributed by atoms with Gasteiger partial charge in [-0.2, -0.15) is 0 Å². The van der Waals surface area contributed by atoms with Crippen molar-refractivity contribution in [1.29, 1.82) is 0 Å². The first-order chi connectivity index (χ1) is 13.3. The lowest BCUT2D eigenvalue weighted by molar-refractivity contribution is -0.150. The predicted octanol–water partition coefficient (Wildman–Crippen LogP) is 4.72. The van der Waals surface area contributed by atoms with Crippen LogP contribution in [0.1, 0.15) is 30.5 Å². The highest BCUT2D eigenvalue weighted by Gasteiger charge is 2.24. The highest BCUT2D eigenvalue weighted by atomic mass is 16.6. The van der Waals surface area contributed by atoms with E-state index in [-0.39, 0.29) is 17.8 Å². The molecule has 0 radical (unpaired) electrons. The van der Waals surface area contributed by atoms with Gasteiger partial charge in [-0.25, -0.2) is 4.79 Å². The molecule has 1 atom stereocenters. The summed E-state index contributed by atoms with van der Waals surface area (Å²) in [6.07, 6.45) is -0.935. The largest absolute Gasteiger partial charge is 0.471 e. The van der Waals surface area contributed by atoms with Gasteiger partial charge in [0.15, 0.2) is 11.9 Å². The summed E-state index contributed by atoms with van der Waals surface area (Å²) in [5, 5.41) is 0.451. The van der Waals surface area contributed by atoms with Crippen molar-refractivity contribution in [2.24, 2.45) is 0 Å². The number of carbonyl (C=O) groups excluding carboxylic acids is 1. The maximum atomic E-state index is 13.3. The van der Waals surface area contributed by atoms with Gasteiger partial charge in [-0.05, 0) is 51.8 Å². The minimum atomic E-state index is -0.935. The number of ether oxygens (including phenoxy) is 2. The number of rotatable bonds is 5. The number of carbonyl (C=O) groups is 1. The molecule has 28 heavy (non-hydrogen) atoms. The third-order valence-corrected chi connectivity index (χ3v) is 4.52. The van der Waals surface area contributed by atoms with Crippen molar-refractivity contribution in [3.63, 3.8) is 0 Å². The summed E-state index contributed by atoms with van der Waals surface area (Å²) >= 11 is 0. The Kier molecular flexibility index (Phi) is 5.54. The molecular weight excluding hydrogens is 356 g/mol. The van der Waals surface area contributed by atoms with Gasteiger partial charge in [0.1, 0.15) is 5.58 Å². The fourth-order valence-corrected chi connectivity index (χ4v) is 3.16. The molecular formula is C23H24O5.